The summed E-state index contributed by atoms with van der Waals surface area (Å²) < 4.78 is 0. The molecule has 0 saturated carbocycles. The molecule has 23 heavy (non-hydrogen) atoms. The van der Waals surface area contributed by atoms with Gasteiger partial charge in [0.05, 0.1) is 29.3 Å². The average molecular weight is 302 g/mol. The molecule has 0 amide bonds. The van der Waals surface area contributed by atoms with Gasteiger partial charge in [-0.3, -0.25) is 10.1 Å². The number of nitrogens with one attached hydrogen (secondary N) is 2. The monoisotopic (exact) mass is 302 g/mol. The summed E-state index contributed by atoms with van der Waals surface area (Å²) in [4.78, 5) is 13.2. The van der Waals surface area contributed by atoms with Gasteiger partial charge in [0.25, 0.3) is 0 Å². The number of nitrogens with zero attached hydrogens (tertiary/aromatic N) is 4. The molecule has 4 aromatic rings. The summed E-state index contributed by atoms with van der Waals surface area (Å²) in [5, 5.41) is 11.0. The van der Waals surface area contributed by atoms with Crippen molar-refractivity contribution in [3.63, 3.8) is 0 Å². The highest BCUT2D eigenvalue weighted by Gasteiger charge is 2.07. The molecule has 112 valence electrons. The molecule has 0 fully saturated rings. The van der Waals surface area contributed by atoms with E-state index in [9.17, 15) is 0 Å². The average Bonchev–Trinajstić information content (AvgIpc) is 3.10. The van der Waals surface area contributed by atoms with Crippen molar-refractivity contribution in [2.75, 3.05) is 5.32 Å². The van der Waals surface area contributed by atoms with E-state index in [1.165, 1.54) is 0 Å². The van der Waals surface area contributed by atoms with Crippen LogP contribution in [0.5, 0.6) is 0 Å². The van der Waals surface area contributed by atoms with Crippen LogP contribution >= 0.6 is 0 Å². The second kappa shape index (κ2) is 5.49. The molecule has 6 heteroatoms. The second-order valence-electron chi connectivity index (χ2n) is 5.22. The molecule has 3 heterocycles. The summed E-state index contributed by atoms with van der Waals surface area (Å²) in [6.07, 6.45) is 7.14. The Balaban J connectivity index is 1.75. The second-order valence-corrected chi connectivity index (χ2v) is 5.22. The minimum absolute atomic E-state index is 0.569. The van der Waals surface area contributed by atoms with E-state index in [1.807, 2.05) is 37.4 Å². The molecule has 0 unspecified atom stereocenters. The number of H-pyrrole nitrogens is 1. The normalized spacial score (nSPS) is 10.8. The molecule has 0 radical (unpaired) electrons. The Morgan fingerprint density at radius 2 is 2.00 bits per heavy atom. The van der Waals surface area contributed by atoms with Crippen LogP contribution in [0.2, 0.25) is 0 Å². The van der Waals surface area contributed by atoms with E-state index in [1.54, 1.807) is 18.6 Å². The largest absolute Gasteiger partial charge is 0.323 e. The van der Waals surface area contributed by atoms with Crippen LogP contribution in [0.1, 0.15) is 5.69 Å². The Hall–Kier alpha value is -3.28. The lowest BCUT2D eigenvalue weighted by Gasteiger charge is -2.08. The summed E-state index contributed by atoms with van der Waals surface area (Å²) in [5.41, 5.74) is 4.82. The summed E-state index contributed by atoms with van der Waals surface area (Å²) in [6, 6.07) is 9.92. The third kappa shape index (κ3) is 2.62. The molecule has 0 bridgehead atoms. The van der Waals surface area contributed by atoms with E-state index < -0.39 is 0 Å². The van der Waals surface area contributed by atoms with Crippen LogP contribution in [0, 0.1) is 6.92 Å². The maximum absolute atomic E-state index is 4.58. The number of hydrogen-bond donors (Lipinski definition) is 2. The van der Waals surface area contributed by atoms with E-state index >= 15 is 0 Å². The van der Waals surface area contributed by atoms with E-state index in [2.05, 4.69) is 36.5 Å². The predicted molar refractivity (Wildman–Crippen MR) is 89.4 cm³/mol. The molecule has 0 saturated heterocycles. The van der Waals surface area contributed by atoms with Gasteiger partial charge < -0.3 is 5.32 Å². The lowest BCUT2D eigenvalue weighted by molar-refractivity contribution is 1.09. The van der Waals surface area contributed by atoms with Crippen molar-refractivity contribution in [2.24, 2.45) is 0 Å². The van der Waals surface area contributed by atoms with Crippen molar-refractivity contribution >= 4 is 22.5 Å². The van der Waals surface area contributed by atoms with Gasteiger partial charge in [-0.05, 0) is 36.8 Å². The van der Waals surface area contributed by atoms with Crippen molar-refractivity contribution in [3.8, 4) is 11.1 Å². The Bertz CT molecular complexity index is 948. The number of anilines is 2. The van der Waals surface area contributed by atoms with Gasteiger partial charge in [-0.25, -0.2) is 9.97 Å². The highest BCUT2D eigenvalue weighted by molar-refractivity contribution is 5.87. The van der Waals surface area contributed by atoms with E-state index in [4.69, 9.17) is 0 Å². The zero-order valence-corrected chi connectivity index (χ0v) is 12.5. The fourth-order valence-corrected chi connectivity index (χ4v) is 2.49. The molecule has 3 aromatic heterocycles. The van der Waals surface area contributed by atoms with Gasteiger partial charge in [-0.15, -0.1) is 0 Å². The zero-order chi connectivity index (χ0) is 15.6. The standard InChI is InChI=1S/C17H14N6/c1-11-15-7-12(13-8-19-20-9-13)4-5-16(15)23-17(21-11)22-14-3-2-6-18-10-14/h2-10H,1H3,(H,19,20)(H,21,22,23). The SMILES string of the molecule is Cc1nc(Nc2cccnc2)nc2ccc(-c3cn[nH]c3)cc12. The van der Waals surface area contributed by atoms with Gasteiger partial charge in [0.2, 0.25) is 5.95 Å². The zero-order valence-electron chi connectivity index (χ0n) is 12.5. The highest BCUT2D eigenvalue weighted by atomic mass is 15.1. The van der Waals surface area contributed by atoms with Crippen LogP contribution in [-0.2, 0) is 0 Å². The van der Waals surface area contributed by atoms with Crippen molar-refractivity contribution in [2.45, 2.75) is 6.92 Å². The van der Waals surface area contributed by atoms with Crippen LogP contribution in [0.4, 0.5) is 11.6 Å². The molecule has 0 aliphatic heterocycles. The lowest BCUT2D eigenvalue weighted by atomic mass is 10.1. The van der Waals surface area contributed by atoms with Gasteiger partial charge >= 0.3 is 0 Å². The maximum Gasteiger partial charge on any atom is 0.228 e. The number of benzene rings is 1. The number of aromatic amines is 1. The molecule has 0 atom stereocenters. The van der Waals surface area contributed by atoms with Crippen molar-refractivity contribution in [1.82, 2.24) is 25.1 Å². The number of rotatable bonds is 3. The van der Waals surface area contributed by atoms with Crippen molar-refractivity contribution in [1.29, 1.82) is 0 Å². The first-order valence-corrected chi connectivity index (χ1v) is 7.24. The molecule has 4 rings (SSSR count). The fourth-order valence-electron chi connectivity index (χ4n) is 2.49. The Labute approximate surface area is 132 Å². The van der Waals surface area contributed by atoms with Crippen LogP contribution in [0.15, 0.2) is 55.1 Å². The molecule has 0 aliphatic carbocycles. The minimum atomic E-state index is 0.569. The van der Waals surface area contributed by atoms with E-state index in [0.717, 1.165) is 33.4 Å². The third-order valence-corrected chi connectivity index (χ3v) is 3.64. The molecule has 0 aliphatic rings. The third-order valence-electron chi connectivity index (χ3n) is 3.64. The lowest BCUT2D eigenvalue weighted by Crippen LogP contribution is -1.99. The number of hydrogen-bond acceptors (Lipinski definition) is 5. The summed E-state index contributed by atoms with van der Waals surface area (Å²) in [6.45, 7) is 1.98. The number of fused-ring (bicyclic) bond motifs is 1. The Morgan fingerprint density at radius 3 is 2.78 bits per heavy atom. The van der Waals surface area contributed by atoms with Crippen LogP contribution in [0.3, 0.4) is 0 Å². The van der Waals surface area contributed by atoms with Gasteiger partial charge in [-0.2, -0.15) is 5.10 Å². The Morgan fingerprint density at radius 1 is 1.04 bits per heavy atom. The summed E-state index contributed by atoms with van der Waals surface area (Å²) in [7, 11) is 0. The molecular formula is C17H14N6. The topological polar surface area (TPSA) is 79.4 Å². The minimum Gasteiger partial charge on any atom is -0.323 e. The number of pyridine rings is 1. The van der Waals surface area contributed by atoms with Crippen molar-refractivity contribution in [3.05, 3.63) is 60.8 Å². The first kappa shape index (κ1) is 13.4. The summed E-state index contributed by atoms with van der Waals surface area (Å²) >= 11 is 0. The van der Waals surface area contributed by atoms with Gasteiger partial charge in [0.15, 0.2) is 0 Å². The smallest absolute Gasteiger partial charge is 0.228 e. The number of aryl methyl sites for hydroxylation is 1. The Kier molecular flexibility index (Phi) is 3.20. The van der Waals surface area contributed by atoms with E-state index in [-0.39, 0.29) is 0 Å². The van der Waals surface area contributed by atoms with Gasteiger partial charge in [-0.1, -0.05) is 6.07 Å². The van der Waals surface area contributed by atoms with Crippen LogP contribution in [-0.4, -0.2) is 25.1 Å². The van der Waals surface area contributed by atoms with Gasteiger partial charge in [0.1, 0.15) is 0 Å². The fraction of sp³-hybridized carbons (Fsp3) is 0.0588. The van der Waals surface area contributed by atoms with Crippen LogP contribution < -0.4 is 5.32 Å². The molecule has 6 nitrogen and oxygen atoms in total. The molecular weight excluding hydrogens is 288 g/mol. The van der Waals surface area contributed by atoms with Gasteiger partial charge in [0, 0.05) is 23.3 Å². The number of aromatic nitrogens is 5. The molecule has 2 N–H and O–H groups in total. The van der Waals surface area contributed by atoms with Crippen molar-refractivity contribution < 1.29 is 0 Å². The molecule has 0 spiro atoms. The summed E-state index contributed by atoms with van der Waals surface area (Å²) in [5.74, 6) is 0.569. The van der Waals surface area contributed by atoms with E-state index in [0.29, 0.717) is 5.95 Å². The van der Waals surface area contributed by atoms with Crippen LogP contribution in [0.25, 0.3) is 22.0 Å². The first-order valence-electron chi connectivity index (χ1n) is 7.24. The predicted octanol–water partition coefficient (Wildman–Crippen LogP) is 3.47. The first-order chi connectivity index (χ1) is 11.3. The molecule has 1 aromatic carbocycles. The highest BCUT2D eigenvalue weighted by Crippen LogP contribution is 2.25. The maximum atomic E-state index is 4.58. The quantitative estimate of drug-likeness (QED) is 0.606.